The van der Waals surface area contributed by atoms with Crippen molar-refractivity contribution in [2.45, 2.75) is 56.1 Å². The van der Waals surface area contributed by atoms with Gasteiger partial charge >= 0.3 is 0 Å². The van der Waals surface area contributed by atoms with Crippen LogP contribution in [-0.4, -0.2) is 69.1 Å². The summed E-state index contributed by atoms with van der Waals surface area (Å²) in [5.41, 5.74) is 1.71. The van der Waals surface area contributed by atoms with Crippen LogP contribution in [-0.2, 0) is 15.1 Å². The maximum atomic E-state index is 12.9. The molecule has 3 aromatic rings. The number of anilines is 4. The van der Waals surface area contributed by atoms with Gasteiger partial charge in [-0.1, -0.05) is 24.3 Å². The van der Waals surface area contributed by atoms with Crippen LogP contribution >= 0.6 is 0 Å². The van der Waals surface area contributed by atoms with E-state index in [9.17, 15) is 14.7 Å². The number of ether oxygens (including phenoxy) is 1. The van der Waals surface area contributed by atoms with Gasteiger partial charge in [-0.2, -0.15) is 4.98 Å². The number of carbonyl (C=O) groups excluding carboxylic acids is 2. The molecule has 2 saturated heterocycles. The molecule has 11 nitrogen and oxygen atoms in total. The highest BCUT2D eigenvalue weighted by Crippen LogP contribution is 2.36. The lowest BCUT2D eigenvalue weighted by Crippen LogP contribution is -2.47. The molecule has 1 aromatic carbocycles. The van der Waals surface area contributed by atoms with E-state index in [-0.39, 0.29) is 30.5 Å². The van der Waals surface area contributed by atoms with Crippen molar-refractivity contribution in [2.24, 2.45) is 0 Å². The van der Waals surface area contributed by atoms with Crippen LogP contribution in [0.2, 0.25) is 0 Å². The van der Waals surface area contributed by atoms with E-state index in [1.807, 2.05) is 12.1 Å². The normalized spacial score (nSPS) is 21.1. The highest BCUT2D eigenvalue weighted by Gasteiger charge is 2.39. The molecular formula is C32H37N7O4. The summed E-state index contributed by atoms with van der Waals surface area (Å²) in [6.45, 7) is 5.22. The summed E-state index contributed by atoms with van der Waals surface area (Å²) in [7, 11) is 0. The monoisotopic (exact) mass is 583 g/mol. The molecule has 224 valence electrons. The number of nitrogens with one attached hydrogen (secondary N) is 3. The van der Waals surface area contributed by atoms with Crippen LogP contribution in [0.5, 0.6) is 0 Å². The zero-order valence-corrected chi connectivity index (χ0v) is 24.1. The Kier molecular flexibility index (Phi) is 8.35. The summed E-state index contributed by atoms with van der Waals surface area (Å²) < 4.78 is 5.17. The number of hydrogen-bond acceptors (Lipinski definition) is 9. The van der Waals surface area contributed by atoms with Crippen LogP contribution in [0, 0.1) is 0 Å². The van der Waals surface area contributed by atoms with Crippen LogP contribution in [0.4, 0.5) is 23.3 Å². The minimum atomic E-state index is -1.13. The number of amides is 2. The molecule has 0 spiro atoms. The van der Waals surface area contributed by atoms with Crippen molar-refractivity contribution in [3.05, 3.63) is 78.1 Å². The van der Waals surface area contributed by atoms with E-state index < -0.39 is 5.60 Å². The SMILES string of the molecule is C=CCNC(=O)c1cnc(Nc2ccc(C3CCC(N4CCCC4=O)CC3)cc2)nc1Nc1cccc(C2(O)COC2)n1. The van der Waals surface area contributed by atoms with Crippen molar-refractivity contribution in [3.8, 4) is 0 Å². The Balaban J connectivity index is 1.15. The lowest BCUT2D eigenvalue weighted by atomic mass is 9.81. The Morgan fingerprint density at radius 3 is 2.56 bits per heavy atom. The van der Waals surface area contributed by atoms with E-state index in [0.717, 1.165) is 44.3 Å². The molecule has 0 unspecified atom stereocenters. The third-order valence-electron chi connectivity index (χ3n) is 8.48. The molecule has 1 aliphatic carbocycles. The first-order valence-corrected chi connectivity index (χ1v) is 14.9. The summed E-state index contributed by atoms with van der Waals surface area (Å²) in [5, 5.41) is 19.8. The second-order valence-electron chi connectivity index (χ2n) is 11.5. The predicted octanol–water partition coefficient (Wildman–Crippen LogP) is 4.14. The molecule has 43 heavy (non-hydrogen) atoms. The Bertz CT molecular complexity index is 1480. The Hall–Kier alpha value is -4.35. The molecule has 6 rings (SSSR count). The highest BCUT2D eigenvalue weighted by atomic mass is 16.5. The fourth-order valence-corrected chi connectivity index (χ4v) is 6.04. The average Bonchev–Trinajstić information content (AvgIpc) is 3.45. The van der Waals surface area contributed by atoms with E-state index in [0.29, 0.717) is 48.3 Å². The minimum Gasteiger partial charge on any atom is -0.379 e. The Morgan fingerprint density at radius 1 is 1.09 bits per heavy atom. The second-order valence-corrected chi connectivity index (χ2v) is 11.5. The third kappa shape index (κ3) is 6.37. The van der Waals surface area contributed by atoms with Gasteiger partial charge < -0.3 is 30.7 Å². The van der Waals surface area contributed by atoms with Crippen LogP contribution in [0.1, 0.15) is 66.1 Å². The van der Waals surface area contributed by atoms with Crippen molar-refractivity contribution in [2.75, 3.05) is 36.9 Å². The van der Waals surface area contributed by atoms with E-state index in [4.69, 9.17) is 4.74 Å². The molecular weight excluding hydrogens is 546 g/mol. The molecule has 4 N–H and O–H groups in total. The number of rotatable bonds is 10. The van der Waals surface area contributed by atoms with Gasteiger partial charge in [-0.3, -0.25) is 9.59 Å². The van der Waals surface area contributed by atoms with Crippen LogP contribution in [0.25, 0.3) is 0 Å². The van der Waals surface area contributed by atoms with E-state index in [2.05, 4.69) is 54.5 Å². The molecule has 4 heterocycles. The largest absolute Gasteiger partial charge is 0.379 e. The molecule has 0 radical (unpaired) electrons. The van der Waals surface area contributed by atoms with Gasteiger partial charge in [0.2, 0.25) is 11.9 Å². The number of likely N-dealkylation sites (tertiary alicyclic amines) is 1. The second kappa shape index (κ2) is 12.5. The predicted molar refractivity (Wildman–Crippen MR) is 162 cm³/mol. The third-order valence-corrected chi connectivity index (χ3v) is 8.48. The summed E-state index contributed by atoms with van der Waals surface area (Å²) in [5.74, 6) is 1.45. The molecule has 1 saturated carbocycles. The molecule has 11 heteroatoms. The number of carbonyl (C=O) groups is 2. The first kappa shape index (κ1) is 28.8. The lowest BCUT2D eigenvalue weighted by Gasteiger charge is -2.35. The number of aromatic nitrogens is 3. The van der Waals surface area contributed by atoms with Crippen molar-refractivity contribution >= 4 is 35.1 Å². The molecule has 2 amide bonds. The Morgan fingerprint density at radius 2 is 1.88 bits per heavy atom. The average molecular weight is 584 g/mol. The number of pyridine rings is 1. The molecule has 3 aliphatic rings. The van der Waals surface area contributed by atoms with Gasteiger partial charge in [0.05, 0.1) is 18.9 Å². The lowest BCUT2D eigenvalue weighted by molar-refractivity contribution is -0.186. The first-order chi connectivity index (χ1) is 20.9. The van der Waals surface area contributed by atoms with Crippen molar-refractivity contribution in [1.29, 1.82) is 0 Å². The summed E-state index contributed by atoms with van der Waals surface area (Å²) in [6.07, 6.45) is 9.01. The smallest absolute Gasteiger partial charge is 0.256 e. The number of benzene rings is 1. The molecule has 2 aliphatic heterocycles. The quantitative estimate of drug-likeness (QED) is 0.259. The van der Waals surface area contributed by atoms with Crippen molar-refractivity contribution in [1.82, 2.24) is 25.2 Å². The zero-order valence-electron chi connectivity index (χ0n) is 24.1. The van der Waals surface area contributed by atoms with Gasteiger partial charge in [0.25, 0.3) is 5.91 Å². The van der Waals surface area contributed by atoms with Gasteiger partial charge in [0.15, 0.2) is 5.60 Å². The van der Waals surface area contributed by atoms with Crippen molar-refractivity contribution < 1.29 is 19.4 Å². The van der Waals surface area contributed by atoms with Crippen LogP contribution in [0.15, 0.2) is 61.3 Å². The maximum absolute atomic E-state index is 12.9. The number of nitrogens with zero attached hydrogens (tertiary/aromatic N) is 4. The Labute approximate surface area is 250 Å². The van der Waals surface area contributed by atoms with Crippen molar-refractivity contribution in [3.63, 3.8) is 0 Å². The summed E-state index contributed by atoms with van der Waals surface area (Å²) in [4.78, 5) is 40.6. The fraction of sp³-hybridized carbons (Fsp3) is 0.406. The molecule has 0 bridgehead atoms. The molecule has 0 atom stereocenters. The standard InChI is InChI=1S/C32H37N7O4/c1-2-16-33-30(41)25-18-34-31(38-29(25)37-27-6-3-5-26(36-27)32(42)19-43-20-32)35-23-12-8-21(9-13-23)22-10-14-24(15-11-22)39-17-4-7-28(39)40/h2-3,5-6,8-9,12-13,18,22,24,42H,1,4,7,10-11,14-17,19-20H2,(H,33,41)(H2,34,35,36,37,38). The number of aliphatic hydroxyl groups is 1. The highest BCUT2D eigenvalue weighted by molar-refractivity contribution is 5.99. The topological polar surface area (TPSA) is 142 Å². The van der Waals surface area contributed by atoms with Gasteiger partial charge in [-0.15, -0.1) is 6.58 Å². The first-order valence-electron chi connectivity index (χ1n) is 14.9. The van der Waals surface area contributed by atoms with Crippen LogP contribution in [0.3, 0.4) is 0 Å². The maximum Gasteiger partial charge on any atom is 0.256 e. The van der Waals surface area contributed by atoms with Crippen LogP contribution < -0.4 is 16.0 Å². The van der Waals surface area contributed by atoms with E-state index in [1.54, 1.807) is 24.3 Å². The summed E-state index contributed by atoms with van der Waals surface area (Å²) in [6, 6.07) is 13.9. The molecule has 3 fully saturated rings. The molecule has 2 aromatic heterocycles. The van der Waals surface area contributed by atoms with E-state index in [1.165, 1.54) is 11.8 Å². The van der Waals surface area contributed by atoms with Gasteiger partial charge in [-0.05, 0) is 67.9 Å². The van der Waals surface area contributed by atoms with Gasteiger partial charge in [0, 0.05) is 37.4 Å². The van der Waals surface area contributed by atoms with Gasteiger partial charge in [0.1, 0.15) is 17.2 Å². The fourth-order valence-electron chi connectivity index (χ4n) is 6.04. The minimum absolute atomic E-state index is 0.180. The zero-order chi connectivity index (χ0) is 29.8. The van der Waals surface area contributed by atoms with Gasteiger partial charge in [-0.25, -0.2) is 9.97 Å². The number of hydrogen-bond donors (Lipinski definition) is 4. The van der Waals surface area contributed by atoms with E-state index >= 15 is 0 Å². The summed E-state index contributed by atoms with van der Waals surface area (Å²) >= 11 is 0.